The maximum absolute atomic E-state index is 12.0. The lowest BCUT2D eigenvalue weighted by Gasteiger charge is -2.14. The minimum Gasteiger partial charge on any atom is -0.324 e. The van der Waals surface area contributed by atoms with Crippen LogP contribution in [0.5, 0.6) is 0 Å². The Kier molecular flexibility index (Phi) is 5.14. The van der Waals surface area contributed by atoms with Crippen molar-refractivity contribution in [3.8, 4) is 0 Å². The molecule has 2 rings (SSSR count). The molecule has 0 aliphatic heterocycles. The van der Waals surface area contributed by atoms with E-state index in [-0.39, 0.29) is 17.9 Å². The van der Waals surface area contributed by atoms with Crippen LogP contribution in [-0.2, 0) is 4.79 Å². The average molecular weight is 297 g/mol. The van der Waals surface area contributed by atoms with Crippen LogP contribution >= 0.6 is 0 Å². The fraction of sp³-hybridized carbons (Fsp3) is 0.176. The molecule has 22 heavy (non-hydrogen) atoms. The molecule has 0 radical (unpaired) electrons. The van der Waals surface area contributed by atoms with Gasteiger partial charge < -0.3 is 16.0 Å². The van der Waals surface area contributed by atoms with Crippen molar-refractivity contribution in [2.75, 3.05) is 16.0 Å². The van der Waals surface area contributed by atoms with E-state index in [1.54, 1.807) is 36.4 Å². The number of urea groups is 1. The molecule has 5 heteroatoms. The van der Waals surface area contributed by atoms with E-state index in [1.807, 2.05) is 32.0 Å². The molecule has 0 aliphatic rings. The van der Waals surface area contributed by atoms with Gasteiger partial charge in [-0.2, -0.15) is 0 Å². The van der Waals surface area contributed by atoms with Crippen LogP contribution in [0.25, 0.3) is 0 Å². The first kappa shape index (κ1) is 15.6. The van der Waals surface area contributed by atoms with Gasteiger partial charge in [-0.3, -0.25) is 4.79 Å². The quantitative estimate of drug-likeness (QED) is 0.800. The van der Waals surface area contributed by atoms with Crippen molar-refractivity contribution < 1.29 is 9.59 Å². The second kappa shape index (κ2) is 7.26. The van der Waals surface area contributed by atoms with Crippen molar-refractivity contribution in [2.45, 2.75) is 13.8 Å². The monoisotopic (exact) mass is 297 g/mol. The van der Waals surface area contributed by atoms with Crippen molar-refractivity contribution in [1.82, 2.24) is 0 Å². The van der Waals surface area contributed by atoms with E-state index in [9.17, 15) is 9.59 Å². The van der Waals surface area contributed by atoms with Gasteiger partial charge in [0.15, 0.2) is 0 Å². The number of hydrogen-bond acceptors (Lipinski definition) is 2. The van der Waals surface area contributed by atoms with Crippen LogP contribution < -0.4 is 16.0 Å². The van der Waals surface area contributed by atoms with Gasteiger partial charge in [-0.15, -0.1) is 0 Å². The molecule has 5 nitrogen and oxygen atoms in total. The maximum Gasteiger partial charge on any atom is 0.323 e. The number of hydrogen-bond donors (Lipinski definition) is 3. The van der Waals surface area contributed by atoms with Gasteiger partial charge in [-0.1, -0.05) is 44.2 Å². The van der Waals surface area contributed by atoms with Crippen molar-refractivity contribution in [1.29, 1.82) is 0 Å². The zero-order valence-corrected chi connectivity index (χ0v) is 12.6. The van der Waals surface area contributed by atoms with Gasteiger partial charge in [0, 0.05) is 11.6 Å². The Morgan fingerprint density at radius 3 is 1.91 bits per heavy atom. The van der Waals surface area contributed by atoms with Gasteiger partial charge in [0.25, 0.3) is 0 Å². The second-order valence-electron chi connectivity index (χ2n) is 5.13. The molecule has 0 bridgehead atoms. The lowest BCUT2D eigenvalue weighted by molar-refractivity contribution is -0.118. The summed E-state index contributed by atoms with van der Waals surface area (Å²) in [5.74, 6) is -0.232. The number of amides is 3. The summed E-state index contributed by atoms with van der Waals surface area (Å²) in [5, 5.41) is 8.27. The highest BCUT2D eigenvalue weighted by Crippen LogP contribution is 2.22. The molecule has 0 aromatic heterocycles. The Balaban J connectivity index is 2.06. The van der Waals surface area contributed by atoms with Gasteiger partial charge >= 0.3 is 6.03 Å². The molecule has 3 N–H and O–H groups in total. The Labute approximate surface area is 129 Å². The molecule has 0 spiro atoms. The van der Waals surface area contributed by atoms with Crippen LogP contribution in [0.2, 0.25) is 0 Å². The van der Waals surface area contributed by atoms with Crippen molar-refractivity contribution >= 4 is 29.0 Å². The Morgan fingerprint density at radius 2 is 1.32 bits per heavy atom. The van der Waals surface area contributed by atoms with Crippen molar-refractivity contribution in [2.24, 2.45) is 5.92 Å². The van der Waals surface area contributed by atoms with E-state index < -0.39 is 0 Å². The number of para-hydroxylation sites is 3. The normalized spacial score (nSPS) is 10.1. The van der Waals surface area contributed by atoms with Crippen LogP contribution in [-0.4, -0.2) is 11.9 Å². The average Bonchev–Trinajstić information content (AvgIpc) is 2.50. The third kappa shape index (κ3) is 4.34. The maximum atomic E-state index is 12.0. The SMILES string of the molecule is CC(C)C(=O)Nc1ccccc1NC(=O)Nc1ccccc1. The molecule has 0 saturated heterocycles. The smallest absolute Gasteiger partial charge is 0.323 e. The van der Waals surface area contributed by atoms with Crippen molar-refractivity contribution in [3.63, 3.8) is 0 Å². The minimum atomic E-state index is -0.363. The molecule has 0 saturated carbocycles. The van der Waals surface area contributed by atoms with E-state index >= 15 is 0 Å². The van der Waals surface area contributed by atoms with Crippen LogP contribution in [0.4, 0.5) is 21.9 Å². The number of carbonyl (C=O) groups is 2. The van der Waals surface area contributed by atoms with Crippen LogP contribution in [0.1, 0.15) is 13.8 Å². The number of carbonyl (C=O) groups excluding carboxylic acids is 2. The largest absolute Gasteiger partial charge is 0.324 e. The summed E-state index contributed by atoms with van der Waals surface area (Å²) in [6, 6.07) is 15.9. The third-order valence-corrected chi connectivity index (χ3v) is 2.99. The summed E-state index contributed by atoms with van der Waals surface area (Å²) in [7, 11) is 0. The van der Waals surface area contributed by atoms with Gasteiger partial charge in [0.2, 0.25) is 5.91 Å². The van der Waals surface area contributed by atoms with E-state index in [1.165, 1.54) is 0 Å². The number of nitrogens with one attached hydrogen (secondary N) is 3. The lowest BCUT2D eigenvalue weighted by atomic mass is 10.2. The van der Waals surface area contributed by atoms with Crippen molar-refractivity contribution in [3.05, 3.63) is 54.6 Å². The topological polar surface area (TPSA) is 70.2 Å². The lowest BCUT2D eigenvalue weighted by Crippen LogP contribution is -2.22. The molecule has 0 fully saturated rings. The van der Waals surface area contributed by atoms with Gasteiger partial charge in [-0.25, -0.2) is 4.79 Å². The molecule has 2 aromatic rings. The molecule has 3 amide bonds. The van der Waals surface area contributed by atoms with E-state index in [0.717, 1.165) is 0 Å². The Morgan fingerprint density at radius 1 is 0.773 bits per heavy atom. The fourth-order valence-electron chi connectivity index (χ4n) is 1.78. The summed E-state index contributed by atoms with van der Waals surface area (Å²) < 4.78 is 0. The highest BCUT2D eigenvalue weighted by atomic mass is 16.2. The molecular weight excluding hydrogens is 278 g/mol. The van der Waals surface area contributed by atoms with Crippen LogP contribution in [0, 0.1) is 5.92 Å². The number of benzene rings is 2. The van der Waals surface area contributed by atoms with Gasteiger partial charge in [-0.05, 0) is 24.3 Å². The molecule has 0 atom stereocenters. The zero-order valence-electron chi connectivity index (χ0n) is 12.6. The summed E-state index contributed by atoms with van der Waals surface area (Å²) in [6.07, 6.45) is 0. The Hall–Kier alpha value is -2.82. The minimum absolute atomic E-state index is 0.0993. The summed E-state index contributed by atoms with van der Waals surface area (Å²) in [6.45, 7) is 3.63. The van der Waals surface area contributed by atoms with E-state index in [2.05, 4.69) is 16.0 Å². The Bertz CT molecular complexity index is 654. The highest BCUT2D eigenvalue weighted by Gasteiger charge is 2.11. The molecule has 0 unspecified atom stereocenters. The fourth-order valence-corrected chi connectivity index (χ4v) is 1.78. The second-order valence-corrected chi connectivity index (χ2v) is 5.13. The predicted molar refractivity (Wildman–Crippen MR) is 89.0 cm³/mol. The van der Waals surface area contributed by atoms with E-state index in [0.29, 0.717) is 17.1 Å². The summed E-state index contributed by atoms with van der Waals surface area (Å²) in [4.78, 5) is 23.8. The van der Waals surface area contributed by atoms with Gasteiger partial charge in [0.05, 0.1) is 11.4 Å². The first-order valence-corrected chi connectivity index (χ1v) is 7.09. The number of rotatable bonds is 4. The molecule has 0 aliphatic carbocycles. The molecule has 0 heterocycles. The number of anilines is 3. The molecule has 2 aromatic carbocycles. The summed E-state index contributed by atoms with van der Waals surface area (Å²) >= 11 is 0. The molecule has 114 valence electrons. The van der Waals surface area contributed by atoms with Gasteiger partial charge in [0.1, 0.15) is 0 Å². The first-order chi connectivity index (χ1) is 10.6. The third-order valence-electron chi connectivity index (χ3n) is 2.99. The zero-order chi connectivity index (χ0) is 15.9. The standard InChI is InChI=1S/C17H19N3O2/c1-12(2)16(21)19-14-10-6-7-11-15(14)20-17(22)18-13-8-4-3-5-9-13/h3-12H,1-2H3,(H,19,21)(H2,18,20,22). The predicted octanol–water partition coefficient (Wildman–Crippen LogP) is 3.93. The highest BCUT2D eigenvalue weighted by molar-refractivity contribution is 6.04. The molecular formula is C17H19N3O2. The van der Waals surface area contributed by atoms with E-state index in [4.69, 9.17) is 0 Å². The first-order valence-electron chi connectivity index (χ1n) is 7.09. The van der Waals surface area contributed by atoms with Crippen LogP contribution in [0.3, 0.4) is 0 Å². The van der Waals surface area contributed by atoms with Crippen LogP contribution in [0.15, 0.2) is 54.6 Å². The summed E-state index contributed by atoms with van der Waals surface area (Å²) in [5.41, 5.74) is 1.82.